The number of para-hydroxylation sites is 1. The molecule has 1 N–H and O–H groups in total. The number of methoxy groups -OCH3 is 1. The largest absolute Gasteiger partial charge is 0.468 e. The van der Waals surface area contributed by atoms with Gasteiger partial charge in [-0.3, -0.25) is 14.5 Å². The second kappa shape index (κ2) is 8.17. The molecule has 1 rings (SSSR count). The number of carbonyl (C=O) groups excluding carboxylic acids is 3. The molecule has 7 nitrogen and oxygen atoms in total. The standard InChI is InChI=1S/C16H22N2O5/c1-16(2,3)23-15(21)18(12-8-6-5-7-9-12)11-13(19)17-10-14(20)22-4/h5-9H,10-11H2,1-4H3,(H,17,19). The van der Waals surface area contributed by atoms with Gasteiger partial charge in [0.05, 0.1) is 7.11 Å². The fraction of sp³-hybridized carbons (Fsp3) is 0.438. The number of carbonyl (C=O) groups is 3. The van der Waals surface area contributed by atoms with E-state index >= 15 is 0 Å². The molecule has 0 heterocycles. The van der Waals surface area contributed by atoms with E-state index in [4.69, 9.17) is 4.74 Å². The minimum absolute atomic E-state index is 0.258. The van der Waals surface area contributed by atoms with Crippen LogP contribution in [0.5, 0.6) is 0 Å². The Morgan fingerprint density at radius 1 is 1.13 bits per heavy atom. The van der Waals surface area contributed by atoms with Gasteiger partial charge >= 0.3 is 12.1 Å². The third-order valence-electron chi connectivity index (χ3n) is 2.64. The highest BCUT2D eigenvalue weighted by Crippen LogP contribution is 2.17. The van der Waals surface area contributed by atoms with Gasteiger partial charge in [0.15, 0.2) is 0 Å². The van der Waals surface area contributed by atoms with Gasteiger partial charge in [0.2, 0.25) is 5.91 Å². The van der Waals surface area contributed by atoms with E-state index in [0.717, 1.165) is 0 Å². The summed E-state index contributed by atoms with van der Waals surface area (Å²) in [6.07, 6.45) is -0.642. The van der Waals surface area contributed by atoms with Gasteiger partial charge in [0.25, 0.3) is 0 Å². The molecule has 0 unspecified atom stereocenters. The molecule has 0 aliphatic carbocycles. The van der Waals surface area contributed by atoms with Crippen LogP contribution < -0.4 is 10.2 Å². The number of nitrogens with zero attached hydrogens (tertiary/aromatic N) is 1. The summed E-state index contributed by atoms with van der Waals surface area (Å²) in [6.45, 7) is 4.70. The molecule has 0 aliphatic rings. The number of anilines is 1. The molecule has 0 saturated heterocycles. The van der Waals surface area contributed by atoms with Gasteiger partial charge in [-0.15, -0.1) is 0 Å². The van der Waals surface area contributed by atoms with Crippen LogP contribution in [-0.2, 0) is 19.1 Å². The van der Waals surface area contributed by atoms with Gasteiger partial charge in [-0.1, -0.05) is 18.2 Å². The van der Waals surface area contributed by atoms with Crippen LogP contribution in [0.1, 0.15) is 20.8 Å². The molecule has 23 heavy (non-hydrogen) atoms. The predicted molar refractivity (Wildman–Crippen MR) is 85.0 cm³/mol. The minimum atomic E-state index is -0.688. The molecule has 1 aromatic rings. The maximum absolute atomic E-state index is 12.3. The zero-order valence-electron chi connectivity index (χ0n) is 13.8. The molecule has 0 atom stereocenters. The van der Waals surface area contributed by atoms with Crippen LogP contribution in [0.25, 0.3) is 0 Å². The average molecular weight is 322 g/mol. The molecule has 7 heteroatoms. The highest BCUT2D eigenvalue weighted by molar-refractivity contribution is 5.95. The number of ether oxygens (including phenoxy) is 2. The zero-order chi connectivity index (χ0) is 17.5. The van der Waals surface area contributed by atoms with Crippen LogP contribution >= 0.6 is 0 Å². The average Bonchev–Trinajstić information content (AvgIpc) is 2.49. The van der Waals surface area contributed by atoms with Crippen LogP contribution in [0, 0.1) is 0 Å². The van der Waals surface area contributed by atoms with E-state index in [9.17, 15) is 14.4 Å². The van der Waals surface area contributed by atoms with Gasteiger partial charge in [0, 0.05) is 5.69 Å². The van der Waals surface area contributed by atoms with E-state index in [1.807, 2.05) is 0 Å². The number of rotatable bonds is 5. The van der Waals surface area contributed by atoms with Crippen LogP contribution in [0.3, 0.4) is 0 Å². The van der Waals surface area contributed by atoms with Crippen molar-refractivity contribution in [3.63, 3.8) is 0 Å². The topological polar surface area (TPSA) is 84.9 Å². The van der Waals surface area contributed by atoms with Crippen molar-refractivity contribution < 1.29 is 23.9 Å². The first-order valence-electron chi connectivity index (χ1n) is 7.12. The third kappa shape index (κ3) is 6.82. The summed E-state index contributed by atoms with van der Waals surface area (Å²) in [7, 11) is 1.23. The highest BCUT2D eigenvalue weighted by atomic mass is 16.6. The maximum Gasteiger partial charge on any atom is 0.415 e. The number of amides is 2. The van der Waals surface area contributed by atoms with Crippen molar-refractivity contribution in [2.75, 3.05) is 25.1 Å². The summed E-state index contributed by atoms with van der Waals surface area (Å²) >= 11 is 0. The first-order valence-corrected chi connectivity index (χ1v) is 7.12. The van der Waals surface area contributed by atoms with Gasteiger partial charge < -0.3 is 14.8 Å². The molecule has 0 aromatic heterocycles. The number of hydrogen-bond acceptors (Lipinski definition) is 5. The fourth-order valence-corrected chi connectivity index (χ4v) is 1.63. The molecule has 126 valence electrons. The lowest BCUT2D eigenvalue weighted by molar-refractivity contribution is -0.141. The van der Waals surface area contributed by atoms with Crippen molar-refractivity contribution in [1.29, 1.82) is 0 Å². The maximum atomic E-state index is 12.3. The van der Waals surface area contributed by atoms with E-state index < -0.39 is 23.6 Å². The van der Waals surface area contributed by atoms with Gasteiger partial charge in [-0.2, -0.15) is 0 Å². The molecule has 0 fully saturated rings. The first kappa shape index (κ1) is 18.5. The van der Waals surface area contributed by atoms with E-state index in [1.165, 1.54) is 12.0 Å². The van der Waals surface area contributed by atoms with Crippen LogP contribution in [0.4, 0.5) is 10.5 Å². The molecule has 1 aromatic carbocycles. The second-order valence-electron chi connectivity index (χ2n) is 5.75. The molecular weight excluding hydrogens is 300 g/mol. The predicted octanol–water partition coefficient (Wildman–Crippen LogP) is 1.72. The summed E-state index contributed by atoms with van der Waals surface area (Å²) in [6, 6.07) is 8.68. The Labute approximate surface area is 135 Å². The molecular formula is C16H22N2O5. The Bertz CT molecular complexity index is 551. The van der Waals surface area contributed by atoms with E-state index in [0.29, 0.717) is 5.69 Å². The van der Waals surface area contributed by atoms with Crippen molar-refractivity contribution in [3.8, 4) is 0 Å². The number of esters is 1. The number of hydrogen-bond donors (Lipinski definition) is 1. The van der Waals surface area contributed by atoms with Gasteiger partial charge in [-0.25, -0.2) is 4.79 Å². The summed E-state index contributed by atoms with van der Waals surface area (Å²) in [4.78, 5) is 36.5. The van der Waals surface area contributed by atoms with Crippen molar-refractivity contribution >= 4 is 23.7 Å². The van der Waals surface area contributed by atoms with Gasteiger partial charge in [-0.05, 0) is 32.9 Å². The summed E-state index contributed by atoms with van der Waals surface area (Å²) in [5.41, 5.74) is -0.165. The summed E-state index contributed by atoms with van der Waals surface area (Å²) in [5.74, 6) is -1.06. The Morgan fingerprint density at radius 2 is 1.74 bits per heavy atom. The number of benzene rings is 1. The smallest absolute Gasteiger partial charge is 0.415 e. The lowest BCUT2D eigenvalue weighted by Gasteiger charge is -2.27. The molecule has 0 spiro atoms. The van der Waals surface area contributed by atoms with Crippen LogP contribution in [0.15, 0.2) is 30.3 Å². The Balaban J connectivity index is 2.82. The fourth-order valence-electron chi connectivity index (χ4n) is 1.63. The molecule has 0 saturated carbocycles. The van der Waals surface area contributed by atoms with E-state index in [1.54, 1.807) is 51.1 Å². The first-order chi connectivity index (χ1) is 10.7. The van der Waals surface area contributed by atoms with E-state index in [-0.39, 0.29) is 13.1 Å². The number of nitrogens with one attached hydrogen (secondary N) is 1. The quantitative estimate of drug-likeness (QED) is 0.834. The molecule has 0 bridgehead atoms. The Hall–Kier alpha value is -2.57. The molecule has 0 radical (unpaired) electrons. The van der Waals surface area contributed by atoms with Crippen molar-refractivity contribution in [2.45, 2.75) is 26.4 Å². The van der Waals surface area contributed by atoms with Crippen molar-refractivity contribution in [1.82, 2.24) is 5.32 Å². The monoisotopic (exact) mass is 322 g/mol. The van der Waals surface area contributed by atoms with Gasteiger partial charge in [0.1, 0.15) is 18.7 Å². The van der Waals surface area contributed by atoms with Crippen LogP contribution in [0.2, 0.25) is 0 Å². The van der Waals surface area contributed by atoms with E-state index in [2.05, 4.69) is 10.1 Å². The summed E-state index contributed by atoms with van der Waals surface area (Å²) in [5, 5.41) is 2.39. The Kier molecular flexibility index (Phi) is 6.56. The SMILES string of the molecule is COC(=O)CNC(=O)CN(C(=O)OC(C)(C)C)c1ccccc1. The lowest BCUT2D eigenvalue weighted by Crippen LogP contribution is -2.44. The van der Waals surface area contributed by atoms with Crippen molar-refractivity contribution in [2.24, 2.45) is 0 Å². The molecule has 0 aliphatic heterocycles. The van der Waals surface area contributed by atoms with Crippen LogP contribution in [-0.4, -0.2) is 43.8 Å². The normalized spacial score (nSPS) is 10.6. The highest BCUT2D eigenvalue weighted by Gasteiger charge is 2.25. The Morgan fingerprint density at radius 3 is 2.26 bits per heavy atom. The molecule has 2 amide bonds. The minimum Gasteiger partial charge on any atom is -0.468 e. The van der Waals surface area contributed by atoms with Crippen molar-refractivity contribution in [3.05, 3.63) is 30.3 Å². The zero-order valence-corrected chi connectivity index (χ0v) is 13.8. The summed E-state index contributed by atoms with van der Waals surface area (Å²) < 4.78 is 9.76. The second-order valence-corrected chi connectivity index (χ2v) is 5.75. The lowest BCUT2D eigenvalue weighted by atomic mass is 10.2. The third-order valence-corrected chi connectivity index (χ3v) is 2.64.